The number of carbonyl (C=O) groups excluding carboxylic acids is 1. The van der Waals surface area contributed by atoms with E-state index in [1.54, 1.807) is 22.7 Å². The van der Waals surface area contributed by atoms with Gasteiger partial charge in [0.05, 0.1) is 16.6 Å². The van der Waals surface area contributed by atoms with Crippen LogP contribution in [-0.2, 0) is 24.2 Å². The molecule has 4 aromatic rings. The molecule has 5 rings (SSSR count). The SMILES string of the molecule is CCN1CCc2c(sc(NC(=O)Cc3ccc(C)c(C)c3)c2-c2nc3ccccc3s2)C1. The molecule has 2 aromatic heterocycles. The number of rotatable bonds is 5. The van der Waals surface area contributed by atoms with E-state index in [0.29, 0.717) is 6.42 Å². The number of thiophene rings is 1. The smallest absolute Gasteiger partial charge is 0.229 e. The third-order valence-electron chi connectivity index (χ3n) is 6.28. The molecule has 6 heteroatoms. The summed E-state index contributed by atoms with van der Waals surface area (Å²) in [7, 11) is 0. The highest BCUT2D eigenvalue weighted by atomic mass is 32.1. The van der Waals surface area contributed by atoms with Gasteiger partial charge in [-0.05, 0) is 61.2 Å². The van der Waals surface area contributed by atoms with Gasteiger partial charge in [-0.3, -0.25) is 9.69 Å². The lowest BCUT2D eigenvalue weighted by Crippen LogP contribution is -2.29. The number of aryl methyl sites for hydroxylation is 2. The Balaban J connectivity index is 1.50. The zero-order valence-corrected chi connectivity index (χ0v) is 20.3. The fraction of sp³-hybridized carbons (Fsp3) is 0.308. The standard InChI is InChI=1S/C26H27N3OS2/c1-4-29-12-11-19-22(15-29)32-26(24(19)25-27-20-7-5-6-8-21(20)31-25)28-23(30)14-18-10-9-16(2)17(3)13-18/h5-10,13H,4,11-12,14-15H2,1-3H3,(H,28,30). The normalized spacial score (nSPS) is 14.0. The fourth-order valence-electron chi connectivity index (χ4n) is 4.29. The average Bonchev–Trinajstić information content (AvgIpc) is 3.36. The van der Waals surface area contributed by atoms with Crippen molar-refractivity contribution in [2.24, 2.45) is 0 Å². The number of aromatic nitrogens is 1. The van der Waals surface area contributed by atoms with Gasteiger partial charge in [-0.1, -0.05) is 37.3 Å². The molecule has 0 saturated heterocycles. The Morgan fingerprint density at radius 2 is 1.97 bits per heavy atom. The van der Waals surface area contributed by atoms with Crippen molar-refractivity contribution in [3.8, 4) is 10.6 Å². The second-order valence-electron chi connectivity index (χ2n) is 8.46. The quantitative estimate of drug-likeness (QED) is 0.385. The first-order valence-corrected chi connectivity index (χ1v) is 12.7. The summed E-state index contributed by atoms with van der Waals surface area (Å²) in [6.07, 6.45) is 1.38. The van der Waals surface area contributed by atoms with Crippen molar-refractivity contribution in [1.29, 1.82) is 0 Å². The van der Waals surface area contributed by atoms with Gasteiger partial charge in [0.15, 0.2) is 0 Å². The molecule has 4 nitrogen and oxygen atoms in total. The van der Waals surface area contributed by atoms with E-state index in [-0.39, 0.29) is 5.91 Å². The molecule has 0 radical (unpaired) electrons. The van der Waals surface area contributed by atoms with Gasteiger partial charge < -0.3 is 5.32 Å². The van der Waals surface area contributed by atoms with Crippen molar-refractivity contribution in [2.45, 2.75) is 40.2 Å². The van der Waals surface area contributed by atoms with E-state index in [1.165, 1.54) is 26.3 Å². The van der Waals surface area contributed by atoms with E-state index in [1.807, 2.05) is 6.07 Å². The van der Waals surface area contributed by atoms with Crippen molar-refractivity contribution >= 4 is 43.8 Å². The lowest BCUT2D eigenvalue weighted by atomic mass is 10.0. The highest BCUT2D eigenvalue weighted by Gasteiger charge is 2.27. The first kappa shape index (κ1) is 21.3. The van der Waals surface area contributed by atoms with Crippen LogP contribution in [0.25, 0.3) is 20.8 Å². The zero-order chi connectivity index (χ0) is 22.2. The molecule has 1 aliphatic heterocycles. The van der Waals surface area contributed by atoms with E-state index in [4.69, 9.17) is 4.98 Å². The number of hydrogen-bond acceptors (Lipinski definition) is 5. The van der Waals surface area contributed by atoms with Gasteiger partial charge >= 0.3 is 0 Å². The topological polar surface area (TPSA) is 45.2 Å². The summed E-state index contributed by atoms with van der Waals surface area (Å²) < 4.78 is 1.18. The Labute approximate surface area is 196 Å². The maximum Gasteiger partial charge on any atom is 0.229 e. The van der Waals surface area contributed by atoms with Crippen molar-refractivity contribution in [2.75, 3.05) is 18.4 Å². The Bertz CT molecular complexity index is 1270. The number of nitrogens with one attached hydrogen (secondary N) is 1. The Hall–Kier alpha value is -2.54. The van der Waals surface area contributed by atoms with Crippen LogP contribution in [0, 0.1) is 13.8 Å². The van der Waals surface area contributed by atoms with Gasteiger partial charge in [0.1, 0.15) is 10.0 Å². The number of nitrogens with zero attached hydrogens (tertiary/aromatic N) is 2. The summed E-state index contributed by atoms with van der Waals surface area (Å²) in [6.45, 7) is 9.44. The molecule has 0 unspecified atom stereocenters. The number of anilines is 1. The third-order valence-corrected chi connectivity index (χ3v) is 8.47. The van der Waals surface area contributed by atoms with Crippen molar-refractivity contribution in [3.63, 3.8) is 0 Å². The molecule has 0 bridgehead atoms. The van der Waals surface area contributed by atoms with Crippen LogP contribution in [0.3, 0.4) is 0 Å². The van der Waals surface area contributed by atoms with Crippen molar-refractivity contribution in [3.05, 3.63) is 69.6 Å². The number of fused-ring (bicyclic) bond motifs is 2. The van der Waals surface area contributed by atoms with Crippen LogP contribution in [-0.4, -0.2) is 28.9 Å². The summed E-state index contributed by atoms with van der Waals surface area (Å²) in [4.78, 5) is 21.8. The van der Waals surface area contributed by atoms with Gasteiger partial charge in [0, 0.05) is 23.5 Å². The summed E-state index contributed by atoms with van der Waals surface area (Å²) in [5, 5.41) is 5.21. The Morgan fingerprint density at radius 3 is 2.75 bits per heavy atom. The molecular weight excluding hydrogens is 434 g/mol. The second kappa shape index (κ2) is 8.77. The number of hydrogen-bond donors (Lipinski definition) is 1. The van der Waals surface area contributed by atoms with Gasteiger partial charge in [-0.15, -0.1) is 22.7 Å². The molecular formula is C26H27N3OS2. The Morgan fingerprint density at radius 1 is 1.12 bits per heavy atom. The van der Waals surface area contributed by atoms with Crippen LogP contribution in [0.2, 0.25) is 0 Å². The van der Waals surface area contributed by atoms with Crippen LogP contribution < -0.4 is 5.32 Å². The Kier molecular flexibility index (Phi) is 5.84. The van der Waals surface area contributed by atoms with E-state index >= 15 is 0 Å². The molecule has 0 atom stereocenters. The van der Waals surface area contributed by atoms with E-state index in [9.17, 15) is 4.79 Å². The third kappa shape index (κ3) is 4.10. The number of para-hydroxylation sites is 1. The van der Waals surface area contributed by atoms with Crippen LogP contribution in [0.5, 0.6) is 0 Å². The van der Waals surface area contributed by atoms with E-state index in [2.05, 4.69) is 67.4 Å². The largest absolute Gasteiger partial charge is 0.317 e. The highest BCUT2D eigenvalue weighted by Crippen LogP contribution is 2.45. The number of carbonyl (C=O) groups is 1. The molecule has 1 N–H and O–H groups in total. The van der Waals surface area contributed by atoms with Crippen molar-refractivity contribution in [1.82, 2.24) is 9.88 Å². The zero-order valence-electron chi connectivity index (χ0n) is 18.7. The summed E-state index contributed by atoms with van der Waals surface area (Å²) in [5.41, 5.74) is 7.03. The first-order chi connectivity index (χ1) is 15.5. The number of amides is 1. The molecule has 0 fully saturated rings. The van der Waals surface area contributed by atoms with Crippen molar-refractivity contribution < 1.29 is 4.79 Å². The van der Waals surface area contributed by atoms with Gasteiger partial charge in [0.2, 0.25) is 5.91 Å². The van der Waals surface area contributed by atoms with Crippen LogP contribution >= 0.6 is 22.7 Å². The van der Waals surface area contributed by atoms with Crippen LogP contribution in [0.4, 0.5) is 5.00 Å². The molecule has 3 heterocycles. The minimum atomic E-state index is 0.0292. The average molecular weight is 462 g/mol. The first-order valence-electron chi connectivity index (χ1n) is 11.1. The number of thiazole rings is 1. The lowest BCUT2D eigenvalue weighted by molar-refractivity contribution is -0.115. The van der Waals surface area contributed by atoms with Gasteiger partial charge in [-0.25, -0.2) is 4.98 Å². The number of benzene rings is 2. The maximum absolute atomic E-state index is 13.0. The molecule has 2 aromatic carbocycles. The van der Waals surface area contributed by atoms with E-state index < -0.39 is 0 Å². The monoisotopic (exact) mass is 461 g/mol. The minimum Gasteiger partial charge on any atom is -0.317 e. The van der Waals surface area contributed by atoms with Gasteiger partial charge in [0.25, 0.3) is 0 Å². The molecule has 0 saturated carbocycles. The fourth-order valence-corrected chi connectivity index (χ4v) is 6.71. The number of likely N-dealkylation sites (N-methyl/N-ethyl adjacent to an activating group) is 1. The van der Waals surface area contributed by atoms with Gasteiger partial charge in [-0.2, -0.15) is 0 Å². The summed E-state index contributed by atoms with van der Waals surface area (Å²) >= 11 is 3.44. The molecule has 1 amide bonds. The molecule has 0 aliphatic carbocycles. The molecule has 0 spiro atoms. The van der Waals surface area contributed by atoms with Crippen LogP contribution in [0.1, 0.15) is 34.1 Å². The molecule has 1 aliphatic rings. The lowest BCUT2D eigenvalue weighted by Gasteiger charge is -2.25. The second-order valence-corrected chi connectivity index (χ2v) is 10.6. The summed E-state index contributed by atoms with van der Waals surface area (Å²) in [5.74, 6) is 0.0292. The predicted molar refractivity (Wildman–Crippen MR) is 136 cm³/mol. The maximum atomic E-state index is 13.0. The highest BCUT2D eigenvalue weighted by molar-refractivity contribution is 7.22. The molecule has 164 valence electrons. The van der Waals surface area contributed by atoms with E-state index in [0.717, 1.165) is 52.7 Å². The molecule has 32 heavy (non-hydrogen) atoms. The predicted octanol–water partition coefficient (Wildman–Crippen LogP) is 6.20. The minimum absolute atomic E-state index is 0.0292. The summed E-state index contributed by atoms with van der Waals surface area (Å²) in [6, 6.07) is 14.5. The van der Waals surface area contributed by atoms with Crippen LogP contribution in [0.15, 0.2) is 42.5 Å².